The van der Waals surface area contributed by atoms with Gasteiger partial charge in [0.05, 0.1) is 22.1 Å². The van der Waals surface area contributed by atoms with Gasteiger partial charge in [-0.05, 0) is 102 Å². The van der Waals surface area contributed by atoms with E-state index in [0.717, 1.165) is 71.7 Å². The summed E-state index contributed by atoms with van der Waals surface area (Å²) in [5.74, 6) is 1.75. The fourth-order valence-corrected chi connectivity index (χ4v) is 11.5. The topological polar surface area (TPSA) is 48.5 Å². The van der Waals surface area contributed by atoms with Crippen LogP contribution >= 0.6 is 0 Å². The average molecular weight is 942 g/mol. The minimum absolute atomic E-state index is 0.550. The molecular formula is C69H43N5. The standard InChI is InChI=1S/C69H43N5/c1-3-17-44(18-4-1)48-21-15-22-49(41-48)45-33-35-47(36-34-45)68-70-67(46-19-5-2-6-20-46)71-69(72-68)74-64-32-14-12-30-59(64)61-40-39-60-58-29-11-13-31-63(58)73(65(60)66(61)74)52-24-16-23-50(42-52)51-37-38-57-55-27-8-7-25-53(55)54-26-9-10-28-56(54)62(57)43-51/h1-43H. The Hall–Kier alpha value is -9.97. The van der Waals surface area contributed by atoms with Crippen LogP contribution in [0.3, 0.4) is 0 Å². The third-order valence-electron chi connectivity index (χ3n) is 15.0. The van der Waals surface area contributed by atoms with Gasteiger partial charge in [0.15, 0.2) is 11.6 Å². The molecule has 0 fully saturated rings. The lowest BCUT2D eigenvalue weighted by Crippen LogP contribution is -2.07. The molecule has 3 aromatic heterocycles. The van der Waals surface area contributed by atoms with E-state index in [0.29, 0.717) is 17.6 Å². The first-order chi connectivity index (χ1) is 36.7. The van der Waals surface area contributed by atoms with Gasteiger partial charge in [-0.3, -0.25) is 4.57 Å². The number of para-hydroxylation sites is 2. The SMILES string of the molecule is c1ccc(-c2cccc(-c3ccc(-c4nc(-c5ccccc5)nc(-n5c6ccccc6c6ccc7c8ccccc8n(-c8cccc(-c9ccc%10c%11ccccc%11c%11ccccc%11c%10c9)c8)c7c65)n4)cc3)c2)cc1. The molecule has 0 radical (unpaired) electrons. The van der Waals surface area contributed by atoms with Crippen LogP contribution in [0.25, 0.3) is 144 Å². The van der Waals surface area contributed by atoms with Gasteiger partial charge in [0.1, 0.15) is 0 Å². The summed E-state index contributed by atoms with van der Waals surface area (Å²) >= 11 is 0. The molecule has 5 nitrogen and oxygen atoms in total. The predicted octanol–water partition coefficient (Wildman–Crippen LogP) is 17.9. The number of fused-ring (bicyclic) bond motifs is 13. The molecule has 5 heteroatoms. The zero-order valence-corrected chi connectivity index (χ0v) is 40.1. The van der Waals surface area contributed by atoms with E-state index >= 15 is 0 Å². The van der Waals surface area contributed by atoms with E-state index in [9.17, 15) is 0 Å². The Bertz CT molecular complexity index is 4670. The molecule has 3 heterocycles. The first-order valence-corrected chi connectivity index (χ1v) is 25.2. The molecule has 0 aliphatic rings. The van der Waals surface area contributed by atoms with E-state index in [1.165, 1.54) is 54.4 Å². The zero-order chi connectivity index (χ0) is 48.7. The minimum Gasteiger partial charge on any atom is -0.307 e. The number of benzene rings is 12. The molecule has 12 aromatic carbocycles. The molecule has 0 spiro atoms. The molecule has 0 amide bonds. The lowest BCUT2D eigenvalue weighted by molar-refractivity contribution is 0.953. The lowest BCUT2D eigenvalue weighted by atomic mass is 9.92. The van der Waals surface area contributed by atoms with Crippen LogP contribution in [-0.4, -0.2) is 24.1 Å². The molecule has 15 aromatic rings. The third kappa shape index (κ3) is 6.68. The Balaban J connectivity index is 0.938. The van der Waals surface area contributed by atoms with Crippen molar-refractivity contribution in [1.29, 1.82) is 0 Å². The predicted molar refractivity (Wildman–Crippen MR) is 308 cm³/mol. The molecule has 74 heavy (non-hydrogen) atoms. The normalized spacial score (nSPS) is 11.8. The third-order valence-corrected chi connectivity index (χ3v) is 15.0. The maximum absolute atomic E-state index is 5.44. The molecule has 0 saturated heterocycles. The van der Waals surface area contributed by atoms with Gasteiger partial charge in [-0.15, -0.1) is 0 Å². The van der Waals surface area contributed by atoms with Crippen molar-refractivity contribution in [3.63, 3.8) is 0 Å². The summed E-state index contributed by atoms with van der Waals surface area (Å²) in [6.45, 7) is 0. The van der Waals surface area contributed by atoms with Crippen LogP contribution in [-0.2, 0) is 0 Å². The molecule has 0 bridgehead atoms. The summed E-state index contributed by atoms with van der Waals surface area (Å²) in [5.41, 5.74) is 14.1. The average Bonchev–Trinajstić information content (AvgIpc) is 4.04. The van der Waals surface area contributed by atoms with Crippen LogP contribution < -0.4 is 0 Å². The van der Waals surface area contributed by atoms with Crippen molar-refractivity contribution < 1.29 is 0 Å². The highest BCUT2D eigenvalue weighted by Gasteiger charge is 2.24. The second-order valence-electron chi connectivity index (χ2n) is 19.1. The van der Waals surface area contributed by atoms with Crippen molar-refractivity contribution in [3.05, 3.63) is 261 Å². The Morgan fingerprint density at radius 2 is 0.595 bits per heavy atom. The van der Waals surface area contributed by atoms with E-state index in [1.807, 2.05) is 18.2 Å². The summed E-state index contributed by atoms with van der Waals surface area (Å²) in [4.78, 5) is 16.0. The second-order valence-corrected chi connectivity index (χ2v) is 19.1. The quantitative estimate of drug-likeness (QED) is 0.150. The first kappa shape index (κ1) is 41.8. The van der Waals surface area contributed by atoms with Gasteiger partial charge >= 0.3 is 0 Å². The van der Waals surface area contributed by atoms with E-state index in [2.05, 4.69) is 252 Å². The number of nitrogens with zero attached hydrogens (tertiary/aromatic N) is 5. The Kier molecular flexibility index (Phi) is 9.50. The smallest absolute Gasteiger partial charge is 0.238 e. The second kappa shape index (κ2) is 16.8. The maximum atomic E-state index is 5.44. The van der Waals surface area contributed by atoms with Crippen LogP contribution in [0.4, 0.5) is 0 Å². The van der Waals surface area contributed by atoms with E-state index in [-0.39, 0.29) is 0 Å². The lowest BCUT2D eigenvalue weighted by Gasteiger charge is -2.15. The van der Waals surface area contributed by atoms with Gasteiger partial charge in [-0.1, -0.05) is 224 Å². The van der Waals surface area contributed by atoms with Gasteiger partial charge in [-0.2, -0.15) is 9.97 Å². The van der Waals surface area contributed by atoms with Gasteiger partial charge in [0.25, 0.3) is 0 Å². The summed E-state index contributed by atoms with van der Waals surface area (Å²) in [5, 5.41) is 12.1. The number of rotatable bonds is 7. The van der Waals surface area contributed by atoms with Crippen LogP contribution in [0, 0.1) is 0 Å². The molecule has 0 N–H and O–H groups in total. The number of aromatic nitrogens is 5. The molecule has 0 unspecified atom stereocenters. The summed E-state index contributed by atoms with van der Waals surface area (Å²) in [6.07, 6.45) is 0. The molecule has 0 aliphatic carbocycles. The van der Waals surface area contributed by atoms with Crippen molar-refractivity contribution >= 4 is 75.9 Å². The van der Waals surface area contributed by atoms with Crippen molar-refractivity contribution in [2.24, 2.45) is 0 Å². The van der Waals surface area contributed by atoms with Gasteiger partial charge < -0.3 is 4.57 Å². The van der Waals surface area contributed by atoms with Crippen LogP contribution in [0.2, 0.25) is 0 Å². The molecule has 344 valence electrons. The Morgan fingerprint density at radius 1 is 0.216 bits per heavy atom. The fraction of sp³-hybridized carbons (Fsp3) is 0. The molecule has 0 atom stereocenters. The van der Waals surface area contributed by atoms with Crippen molar-refractivity contribution in [1.82, 2.24) is 24.1 Å². The van der Waals surface area contributed by atoms with Gasteiger partial charge in [0.2, 0.25) is 5.95 Å². The van der Waals surface area contributed by atoms with Crippen molar-refractivity contribution in [2.45, 2.75) is 0 Å². The van der Waals surface area contributed by atoms with Gasteiger partial charge in [0, 0.05) is 38.4 Å². The maximum Gasteiger partial charge on any atom is 0.238 e. The van der Waals surface area contributed by atoms with Crippen LogP contribution in [0.15, 0.2) is 261 Å². The highest BCUT2D eigenvalue weighted by molar-refractivity contribution is 6.26. The van der Waals surface area contributed by atoms with E-state index in [4.69, 9.17) is 15.0 Å². The summed E-state index contributed by atoms with van der Waals surface area (Å²) in [6, 6.07) is 93.6. The Labute approximate surface area is 426 Å². The number of hydrogen-bond acceptors (Lipinski definition) is 3. The first-order valence-electron chi connectivity index (χ1n) is 25.2. The highest BCUT2D eigenvalue weighted by atomic mass is 15.2. The molecular weight excluding hydrogens is 899 g/mol. The molecule has 0 saturated carbocycles. The van der Waals surface area contributed by atoms with Gasteiger partial charge in [-0.25, -0.2) is 4.98 Å². The largest absolute Gasteiger partial charge is 0.307 e. The molecule has 15 rings (SSSR count). The minimum atomic E-state index is 0.550. The monoisotopic (exact) mass is 941 g/mol. The van der Waals surface area contributed by atoms with E-state index in [1.54, 1.807) is 0 Å². The van der Waals surface area contributed by atoms with Crippen LogP contribution in [0.5, 0.6) is 0 Å². The van der Waals surface area contributed by atoms with Crippen LogP contribution in [0.1, 0.15) is 0 Å². The van der Waals surface area contributed by atoms with Crippen molar-refractivity contribution in [2.75, 3.05) is 0 Å². The highest BCUT2D eigenvalue weighted by Crippen LogP contribution is 2.43. The van der Waals surface area contributed by atoms with Crippen molar-refractivity contribution in [3.8, 4) is 67.8 Å². The molecule has 0 aliphatic heterocycles. The number of hydrogen-bond donors (Lipinski definition) is 0. The zero-order valence-electron chi connectivity index (χ0n) is 40.1. The Morgan fingerprint density at radius 3 is 1.20 bits per heavy atom. The fourth-order valence-electron chi connectivity index (χ4n) is 11.5. The summed E-state index contributed by atoms with van der Waals surface area (Å²) in [7, 11) is 0. The summed E-state index contributed by atoms with van der Waals surface area (Å²) < 4.78 is 4.72. The van der Waals surface area contributed by atoms with E-state index < -0.39 is 0 Å².